The van der Waals surface area contributed by atoms with Crippen LogP contribution in [0.2, 0.25) is 5.02 Å². The molecule has 6 rings (SSSR count). The lowest BCUT2D eigenvalue weighted by Gasteiger charge is -2.62. The lowest BCUT2D eigenvalue weighted by atomic mass is 9.48. The first-order chi connectivity index (χ1) is 18.1. The summed E-state index contributed by atoms with van der Waals surface area (Å²) in [5.74, 6) is -6.55. The van der Waals surface area contributed by atoms with Crippen LogP contribution in [0.5, 0.6) is 0 Å². The number of anilines is 1. The van der Waals surface area contributed by atoms with Crippen LogP contribution in [0.1, 0.15) is 43.0 Å². The first kappa shape index (κ1) is 28.3. The minimum absolute atomic E-state index is 0.0176. The molecule has 0 aliphatic heterocycles. The molecule has 0 spiro atoms. The smallest absolute Gasteiger partial charge is 0.255 e. The summed E-state index contributed by atoms with van der Waals surface area (Å²) in [6.07, 6.45) is 1.30. The molecule has 0 heterocycles. The molecule has 2 aromatic rings. The van der Waals surface area contributed by atoms with Gasteiger partial charge in [0.15, 0.2) is 27.3 Å². The average Bonchev–Trinajstić information content (AvgIpc) is 3.73. The van der Waals surface area contributed by atoms with E-state index in [2.05, 4.69) is 10.0 Å². The van der Waals surface area contributed by atoms with Gasteiger partial charge in [-0.3, -0.25) is 4.79 Å². The van der Waals surface area contributed by atoms with Crippen LogP contribution in [-0.4, -0.2) is 50.5 Å². The molecular weight excluding hydrogens is 581 g/mol. The van der Waals surface area contributed by atoms with Gasteiger partial charge >= 0.3 is 0 Å². The number of nitrogens with one attached hydrogen (secondary N) is 2. The highest BCUT2D eigenvalue weighted by Crippen LogP contribution is 2.59. The Morgan fingerprint density at radius 1 is 1.03 bits per heavy atom. The highest BCUT2D eigenvalue weighted by molar-refractivity contribution is 7.92. The number of sulfone groups is 1. The fraction of sp³-hybridized carbons (Fsp3) is 0.480. The molecular formula is C25H26ClF3N2O6S2. The second kappa shape index (κ2) is 9.72. The van der Waals surface area contributed by atoms with Crippen LogP contribution in [0.15, 0.2) is 35.2 Å². The fourth-order valence-corrected chi connectivity index (χ4v) is 9.73. The second-order valence-corrected chi connectivity index (χ2v) is 15.3. The van der Waals surface area contributed by atoms with Gasteiger partial charge in [-0.05, 0) is 61.6 Å². The van der Waals surface area contributed by atoms with Crippen molar-refractivity contribution in [3.8, 4) is 0 Å². The lowest BCUT2D eigenvalue weighted by Crippen LogP contribution is -2.70. The molecule has 2 bridgehead atoms. The van der Waals surface area contributed by atoms with E-state index in [0.717, 1.165) is 6.07 Å². The number of carbonyl (C=O) groups excluding carboxylic acids is 1. The van der Waals surface area contributed by atoms with Crippen molar-refractivity contribution in [3.63, 3.8) is 0 Å². The number of benzene rings is 2. The van der Waals surface area contributed by atoms with Crippen LogP contribution in [0, 0.1) is 35.2 Å². The second-order valence-electron chi connectivity index (χ2n) is 10.6. The Labute approximate surface area is 228 Å². The summed E-state index contributed by atoms with van der Waals surface area (Å²) in [7, 11) is -7.62. The van der Waals surface area contributed by atoms with Gasteiger partial charge in [-0.1, -0.05) is 18.5 Å². The Balaban J connectivity index is 1.33. The summed E-state index contributed by atoms with van der Waals surface area (Å²) < 4.78 is 94.5. The predicted octanol–water partition coefficient (Wildman–Crippen LogP) is 3.64. The van der Waals surface area contributed by atoms with Crippen LogP contribution in [-0.2, 0) is 19.9 Å². The number of aliphatic hydroxyl groups is 1. The maximum absolute atomic E-state index is 13.6. The quantitative estimate of drug-likeness (QED) is 0.394. The molecule has 4 aliphatic carbocycles. The molecule has 39 heavy (non-hydrogen) atoms. The molecule has 2 atom stereocenters. The predicted molar refractivity (Wildman–Crippen MR) is 137 cm³/mol. The zero-order chi connectivity index (χ0) is 28.5. The van der Waals surface area contributed by atoms with Gasteiger partial charge in [0.05, 0.1) is 26.0 Å². The van der Waals surface area contributed by atoms with E-state index in [-0.39, 0.29) is 46.5 Å². The summed E-state index contributed by atoms with van der Waals surface area (Å²) in [5, 5.41) is 12.0. The number of hydrogen-bond acceptors (Lipinski definition) is 6. The Morgan fingerprint density at radius 2 is 1.62 bits per heavy atom. The number of carbonyl (C=O) groups is 1. The van der Waals surface area contributed by atoms with Gasteiger partial charge in [0.2, 0.25) is 10.0 Å². The summed E-state index contributed by atoms with van der Waals surface area (Å²) in [6, 6.07) is 4.68. The molecule has 212 valence electrons. The van der Waals surface area contributed by atoms with E-state index in [9.17, 15) is 39.9 Å². The van der Waals surface area contributed by atoms with E-state index in [0.29, 0.717) is 25.0 Å². The highest BCUT2D eigenvalue weighted by atomic mass is 35.5. The van der Waals surface area contributed by atoms with Crippen molar-refractivity contribution >= 4 is 43.1 Å². The van der Waals surface area contributed by atoms with Crippen molar-refractivity contribution in [2.75, 3.05) is 11.9 Å². The maximum atomic E-state index is 13.6. The van der Waals surface area contributed by atoms with Gasteiger partial charge in [0.1, 0.15) is 0 Å². The van der Waals surface area contributed by atoms with E-state index in [1.807, 2.05) is 6.92 Å². The first-order valence-corrected chi connectivity index (χ1v) is 15.8. The molecule has 1 amide bonds. The number of amides is 1. The summed E-state index contributed by atoms with van der Waals surface area (Å²) in [4.78, 5) is 12.4. The van der Waals surface area contributed by atoms with Crippen LogP contribution in [0.25, 0.3) is 0 Å². The molecule has 4 saturated carbocycles. The standard InChI is InChI=1S/C25H26ClF3N2O6S2/c1-12-17-9-16(10-18(12)25(17,33)11-30-39(36,37)15-3-4-15)38(34,35)22-6-13(2-5-19(22)26)24(32)31-14-7-20(27)23(29)21(28)8-14/h2,5-8,12,15-18,30,33H,3-4,9-11H2,1H3,(H,31,32). The number of hydrogen-bond donors (Lipinski definition) is 3. The maximum Gasteiger partial charge on any atom is 0.255 e. The van der Waals surface area contributed by atoms with E-state index in [4.69, 9.17) is 11.6 Å². The number of sulfonamides is 1. The number of fused-ring (bicyclic) bond motifs is 2. The van der Waals surface area contributed by atoms with Gasteiger partial charge in [0, 0.05) is 29.9 Å². The van der Waals surface area contributed by atoms with Crippen LogP contribution in [0.4, 0.5) is 18.9 Å². The SMILES string of the molecule is CC1C2CC(S(=O)(=O)c3cc(C(=O)Nc4cc(F)c(F)c(F)c4)ccc3Cl)CC1C2(O)CNS(=O)(=O)C1CC1. The van der Waals surface area contributed by atoms with Gasteiger partial charge in [-0.15, -0.1) is 0 Å². The van der Waals surface area contributed by atoms with Gasteiger partial charge < -0.3 is 10.4 Å². The van der Waals surface area contributed by atoms with Gasteiger partial charge in [-0.2, -0.15) is 0 Å². The van der Waals surface area contributed by atoms with Crippen molar-refractivity contribution in [2.24, 2.45) is 17.8 Å². The molecule has 4 fully saturated rings. The molecule has 4 aliphatic rings. The third-order valence-electron chi connectivity index (χ3n) is 8.29. The van der Waals surface area contributed by atoms with Gasteiger partial charge in [-0.25, -0.2) is 34.7 Å². The largest absolute Gasteiger partial charge is 0.388 e. The van der Waals surface area contributed by atoms with E-state index in [1.165, 1.54) is 12.1 Å². The average molecular weight is 607 g/mol. The zero-order valence-electron chi connectivity index (χ0n) is 20.6. The number of halogens is 4. The first-order valence-electron chi connectivity index (χ1n) is 12.4. The minimum atomic E-state index is -4.09. The van der Waals surface area contributed by atoms with Crippen molar-refractivity contribution in [1.82, 2.24) is 4.72 Å². The van der Waals surface area contributed by atoms with Gasteiger partial charge in [0.25, 0.3) is 5.91 Å². The Morgan fingerprint density at radius 3 is 2.18 bits per heavy atom. The summed E-state index contributed by atoms with van der Waals surface area (Å²) >= 11 is 6.21. The highest BCUT2D eigenvalue weighted by Gasteiger charge is 2.64. The molecule has 2 unspecified atom stereocenters. The van der Waals surface area contributed by atoms with Crippen LogP contribution >= 0.6 is 11.6 Å². The normalized spacial score (nSPS) is 28.6. The number of rotatable bonds is 8. The van der Waals surface area contributed by atoms with Crippen molar-refractivity contribution in [2.45, 2.75) is 53.6 Å². The van der Waals surface area contributed by atoms with Crippen molar-refractivity contribution < 1.29 is 39.9 Å². The zero-order valence-corrected chi connectivity index (χ0v) is 23.0. The molecule has 0 saturated heterocycles. The van der Waals surface area contributed by atoms with E-state index < -0.39 is 71.2 Å². The Bertz CT molecular complexity index is 1530. The molecule has 2 aromatic carbocycles. The molecule has 3 N–H and O–H groups in total. The van der Waals surface area contributed by atoms with Crippen LogP contribution < -0.4 is 10.0 Å². The summed E-state index contributed by atoms with van der Waals surface area (Å²) in [5.41, 5.74) is -1.89. The topological polar surface area (TPSA) is 130 Å². The van der Waals surface area contributed by atoms with Crippen molar-refractivity contribution in [3.05, 3.63) is 58.4 Å². The Kier molecular flexibility index (Phi) is 7.06. The Hall–Kier alpha value is -2.19. The lowest BCUT2D eigenvalue weighted by molar-refractivity contribution is -0.211. The third kappa shape index (κ3) is 4.96. The molecule has 0 aromatic heterocycles. The molecule has 14 heteroatoms. The van der Waals surface area contributed by atoms with Crippen molar-refractivity contribution in [1.29, 1.82) is 0 Å². The van der Waals surface area contributed by atoms with E-state index in [1.54, 1.807) is 0 Å². The minimum Gasteiger partial charge on any atom is -0.388 e. The van der Waals surface area contributed by atoms with Crippen LogP contribution in [0.3, 0.4) is 0 Å². The monoisotopic (exact) mass is 606 g/mol. The molecule has 8 nitrogen and oxygen atoms in total. The molecule has 0 radical (unpaired) electrons. The fourth-order valence-electron chi connectivity index (χ4n) is 5.95. The third-order valence-corrected chi connectivity index (χ3v) is 12.8. The van der Waals surface area contributed by atoms with E-state index >= 15 is 0 Å². The summed E-state index contributed by atoms with van der Waals surface area (Å²) in [6.45, 7) is 1.71.